The Morgan fingerprint density at radius 2 is 2.00 bits per heavy atom. The van der Waals surface area contributed by atoms with Crippen LogP contribution in [0.5, 0.6) is 0 Å². The number of anilines is 2. The lowest BCUT2D eigenvalue weighted by Crippen LogP contribution is -2.44. The zero-order valence-corrected chi connectivity index (χ0v) is 16.9. The van der Waals surface area contributed by atoms with Crippen molar-refractivity contribution in [3.63, 3.8) is 0 Å². The van der Waals surface area contributed by atoms with Gasteiger partial charge in [0.1, 0.15) is 11.6 Å². The zero-order chi connectivity index (χ0) is 21.7. The van der Waals surface area contributed by atoms with Gasteiger partial charge in [-0.25, -0.2) is 9.97 Å². The Bertz CT molecular complexity index is 1120. The van der Waals surface area contributed by atoms with Crippen molar-refractivity contribution in [1.29, 1.82) is 0 Å². The molecule has 1 aliphatic carbocycles. The summed E-state index contributed by atoms with van der Waals surface area (Å²) in [7, 11) is 0. The molecule has 2 heterocycles. The van der Waals surface area contributed by atoms with E-state index in [1.54, 1.807) is 13.0 Å². The highest BCUT2D eigenvalue weighted by Crippen LogP contribution is 2.41. The van der Waals surface area contributed by atoms with Crippen LogP contribution in [0.4, 0.5) is 24.7 Å². The Balaban J connectivity index is 1.75. The van der Waals surface area contributed by atoms with E-state index in [0.29, 0.717) is 17.2 Å². The summed E-state index contributed by atoms with van der Waals surface area (Å²) >= 11 is 0. The Morgan fingerprint density at radius 3 is 2.63 bits per heavy atom. The SMILES string of the molecule is C=CC(Nc1nc(C)nc2c1=CN(C1(C)CC1)CC=2)c1cc(N)cc(C(F)(F)F)c1. The average Bonchev–Trinajstić information content (AvgIpc) is 3.43. The van der Waals surface area contributed by atoms with Crippen LogP contribution < -0.4 is 21.6 Å². The van der Waals surface area contributed by atoms with E-state index in [1.807, 2.05) is 6.20 Å². The number of nitrogens with zero attached hydrogens (tertiary/aromatic N) is 3. The average molecular weight is 415 g/mol. The van der Waals surface area contributed by atoms with Crippen molar-refractivity contribution < 1.29 is 13.2 Å². The van der Waals surface area contributed by atoms with Crippen LogP contribution >= 0.6 is 0 Å². The lowest BCUT2D eigenvalue weighted by Gasteiger charge is -2.29. The van der Waals surface area contributed by atoms with Gasteiger partial charge in [-0.2, -0.15) is 13.2 Å². The Kier molecular flexibility index (Phi) is 4.75. The van der Waals surface area contributed by atoms with Crippen molar-refractivity contribution in [2.75, 3.05) is 17.6 Å². The van der Waals surface area contributed by atoms with Crippen LogP contribution in [0.25, 0.3) is 12.3 Å². The van der Waals surface area contributed by atoms with Gasteiger partial charge in [0, 0.05) is 24.0 Å². The maximum Gasteiger partial charge on any atom is 0.416 e. The van der Waals surface area contributed by atoms with E-state index in [0.717, 1.165) is 42.1 Å². The van der Waals surface area contributed by atoms with E-state index >= 15 is 0 Å². The molecule has 0 bridgehead atoms. The van der Waals surface area contributed by atoms with Crippen molar-refractivity contribution in [2.24, 2.45) is 0 Å². The molecular formula is C22H24F3N5. The molecule has 8 heteroatoms. The summed E-state index contributed by atoms with van der Waals surface area (Å²) in [4.78, 5) is 11.3. The normalized spacial score (nSPS) is 18.0. The van der Waals surface area contributed by atoms with Gasteiger partial charge in [-0.1, -0.05) is 6.08 Å². The maximum absolute atomic E-state index is 13.2. The predicted molar refractivity (Wildman–Crippen MR) is 112 cm³/mol. The third-order valence-electron chi connectivity index (χ3n) is 5.71. The number of hydrogen-bond donors (Lipinski definition) is 2. The van der Waals surface area contributed by atoms with E-state index in [-0.39, 0.29) is 11.2 Å². The molecule has 1 saturated carbocycles. The monoisotopic (exact) mass is 415 g/mol. The van der Waals surface area contributed by atoms with Crippen LogP contribution in [-0.4, -0.2) is 27.0 Å². The molecule has 158 valence electrons. The number of fused-ring (bicyclic) bond motifs is 1. The molecule has 1 fully saturated rings. The number of hydrogen-bond acceptors (Lipinski definition) is 5. The number of aromatic nitrogens is 2. The summed E-state index contributed by atoms with van der Waals surface area (Å²) in [5.41, 5.74) is 5.51. The Hall–Kier alpha value is -3.03. The first-order chi connectivity index (χ1) is 14.1. The number of nitrogen functional groups attached to an aromatic ring is 1. The van der Waals surface area contributed by atoms with E-state index in [4.69, 9.17) is 5.73 Å². The number of halogens is 3. The molecule has 2 aliphatic rings. The molecule has 4 rings (SSSR count). The second-order valence-electron chi connectivity index (χ2n) is 8.14. The molecule has 0 spiro atoms. The van der Waals surface area contributed by atoms with Gasteiger partial charge in [0.05, 0.1) is 22.2 Å². The number of nitrogens with one attached hydrogen (secondary N) is 1. The minimum absolute atomic E-state index is 0.0436. The van der Waals surface area contributed by atoms with Crippen molar-refractivity contribution in [3.8, 4) is 0 Å². The molecule has 0 radical (unpaired) electrons. The summed E-state index contributed by atoms with van der Waals surface area (Å²) in [5, 5.41) is 4.88. The minimum atomic E-state index is -4.48. The zero-order valence-electron chi connectivity index (χ0n) is 16.9. The fourth-order valence-corrected chi connectivity index (χ4v) is 3.68. The molecule has 5 nitrogen and oxygen atoms in total. The molecule has 0 amide bonds. The lowest BCUT2D eigenvalue weighted by molar-refractivity contribution is -0.137. The van der Waals surface area contributed by atoms with Gasteiger partial charge in [-0.05, 0) is 56.5 Å². The van der Waals surface area contributed by atoms with Gasteiger partial charge in [0.2, 0.25) is 0 Å². The van der Waals surface area contributed by atoms with Crippen molar-refractivity contribution in [2.45, 2.75) is 44.4 Å². The molecule has 2 aromatic rings. The number of benzene rings is 1. The van der Waals surface area contributed by atoms with Crippen molar-refractivity contribution in [1.82, 2.24) is 14.9 Å². The topological polar surface area (TPSA) is 67.1 Å². The summed E-state index contributed by atoms with van der Waals surface area (Å²) in [6.45, 7) is 8.57. The summed E-state index contributed by atoms with van der Waals surface area (Å²) in [6, 6.07) is 2.93. The highest BCUT2D eigenvalue weighted by Gasteiger charge is 2.42. The molecule has 30 heavy (non-hydrogen) atoms. The fraction of sp³-hybridized carbons (Fsp3) is 0.364. The third kappa shape index (κ3) is 3.86. The fourth-order valence-electron chi connectivity index (χ4n) is 3.68. The summed E-state index contributed by atoms with van der Waals surface area (Å²) < 4.78 is 39.7. The van der Waals surface area contributed by atoms with E-state index in [9.17, 15) is 13.2 Å². The standard InChI is InChI=1S/C22H24F3N5/c1-4-18(14-9-15(22(23,24)25)11-16(26)10-14)29-20-17-12-30(21(3)6-7-21)8-5-19(17)27-13(2)28-20/h4-5,9-12,18H,1,6-8,26H2,2-3H3,(H,27,28,29). The summed E-state index contributed by atoms with van der Waals surface area (Å²) in [6.07, 6.45) is 3.42. The van der Waals surface area contributed by atoms with E-state index < -0.39 is 17.8 Å². The van der Waals surface area contributed by atoms with Crippen molar-refractivity contribution >= 4 is 23.8 Å². The first-order valence-corrected chi connectivity index (χ1v) is 9.79. The molecule has 1 aliphatic heterocycles. The van der Waals surface area contributed by atoms with Gasteiger partial charge in [-0.15, -0.1) is 6.58 Å². The van der Waals surface area contributed by atoms with Crippen molar-refractivity contribution in [3.05, 3.63) is 58.4 Å². The van der Waals surface area contributed by atoms with Gasteiger partial charge >= 0.3 is 6.18 Å². The second-order valence-corrected chi connectivity index (χ2v) is 8.14. The maximum atomic E-state index is 13.2. The van der Waals surface area contributed by atoms with Crippen LogP contribution in [0.1, 0.15) is 42.8 Å². The number of nitrogens with two attached hydrogens (primary N) is 1. The van der Waals surface area contributed by atoms with Crippen LogP contribution in [-0.2, 0) is 6.18 Å². The minimum Gasteiger partial charge on any atom is -0.399 e. The van der Waals surface area contributed by atoms with E-state index in [2.05, 4.69) is 39.8 Å². The molecular weight excluding hydrogens is 391 g/mol. The summed E-state index contributed by atoms with van der Waals surface area (Å²) in [5.74, 6) is 1.14. The first-order valence-electron chi connectivity index (χ1n) is 9.79. The predicted octanol–water partition coefficient (Wildman–Crippen LogP) is 3.11. The van der Waals surface area contributed by atoms with Gasteiger partial charge in [-0.3, -0.25) is 0 Å². The Morgan fingerprint density at radius 1 is 1.27 bits per heavy atom. The second kappa shape index (κ2) is 7.04. The van der Waals surface area contributed by atoms with Crippen LogP contribution in [0.2, 0.25) is 0 Å². The molecule has 0 saturated heterocycles. The quantitative estimate of drug-likeness (QED) is 0.580. The van der Waals surface area contributed by atoms with Gasteiger partial charge in [0.15, 0.2) is 0 Å². The van der Waals surface area contributed by atoms with Gasteiger partial charge in [0.25, 0.3) is 0 Å². The molecule has 1 aromatic heterocycles. The largest absolute Gasteiger partial charge is 0.416 e. The van der Waals surface area contributed by atoms with Crippen LogP contribution in [0, 0.1) is 6.92 Å². The number of rotatable bonds is 5. The first kappa shape index (κ1) is 20.3. The highest BCUT2D eigenvalue weighted by atomic mass is 19.4. The van der Waals surface area contributed by atoms with Crippen LogP contribution in [0.3, 0.4) is 0 Å². The number of alkyl halides is 3. The smallest absolute Gasteiger partial charge is 0.399 e. The highest BCUT2D eigenvalue weighted by molar-refractivity contribution is 5.53. The van der Waals surface area contributed by atoms with E-state index in [1.165, 1.54) is 6.07 Å². The third-order valence-corrected chi connectivity index (χ3v) is 5.71. The molecule has 1 atom stereocenters. The Labute approximate surface area is 172 Å². The molecule has 1 aromatic carbocycles. The lowest BCUT2D eigenvalue weighted by atomic mass is 10.0. The number of aryl methyl sites for hydroxylation is 1. The van der Waals surface area contributed by atoms with Crippen LogP contribution in [0.15, 0.2) is 30.9 Å². The van der Waals surface area contributed by atoms with Gasteiger partial charge < -0.3 is 16.0 Å². The molecule has 3 N–H and O–H groups in total. The molecule has 1 unspecified atom stereocenters.